The average Bonchev–Trinajstić information content (AvgIpc) is 2.25. The first-order valence-corrected chi connectivity index (χ1v) is 4.59. The summed E-state index contributed by atoms with van der Waals surface area (Å²) < 4.78 is 0. The summed E-state index contributed by atoms with van der Waals surface area (Å²) in [6.07, 6.45) is 0. The molecule has 14 heavy (non-hydrogen) atoms. The molecular formula is C9H9ClN4. The van der Waals surface area contributed by atoms with E-state index in [0.29, 0.717) is 18.0 Å². The van der Waals surface area contributed by atoms with Crippen molar-refractivity contribution in [2.45, 2.75) is 0 Å². The molecule has 0 spiro atoms. The summed E-state index contributed by atoms with van der Waals surface area (Å²) >= 11 is 5.41. The van der Waals surface area contributed by atoms with Gasteiger partial charge in [0.15, 0.2) is 0 Å². The van der Waals surface area contributed by atoms with E-state index in [2.05, 4.69) is 15.8 Å². The monoisotopic (exact) mass is 208 g/mol. The fraction of sp³-hybridized carbons (Fsp3) is 0.222. The highest BCUT2D eigenvalue weighted by Crippen LogP contribution is 2.08. The zero-order valence-corrected chi connectivity index (χ0v) is 8.20. The minimum Gasteiger partial charge on any atom is -0.260 e. The van der Waals surface area contributed by atoms with Crippen LogP contribution in [0.2, 0.25) is 0 Å². The highest BCUT2D eigenvalue weighted by molar-refractivity contribution is 6.18. The molecular weight excluding hydrogens is 200 g/mol. The van der Waals surface area contributed by atoms with Crippen LogP contribution in [-0.4, -0.2) is 12.4 Å². The van der Waals surface area contributed by atoms with Crippen molar-refractivity contribution in [2.24, 2.45) is 10.3 Å². The molecule has 0 aliphatic rings. The van der Waals surface area contributed by atoms with E-state index in [1.54, 1.807) is 24.3 Å². The van der Waals surface area contributed by atoms with Gasteiger partial charge in [0.05, 0.1) is 23.9 Å². The van der Waals surface area contributed by atoms with Crippen molar-refractivity contribution in [3.63, 3.8) is 0 Å². The number of nitriles is 1. The predicted octanol–water partition coefficient (Wildman–Crippen LogP) is 2.58. The number of hydrogen-bond acceptors (Lipinski definition) is 3. The Bertz CT molecular complexity index is 339. The van der Waals surface area contributed by atoms with Crippen LogP contribution in [0.4, 0.5) is 5.69 Å². The van der Waals surface area contributed by atoms with Gasteiger partial charge >= 0.3 is 0 Å². The molecule has 0 amide bonds. The lowest BCUT2D eigenvalue weighted by atomic mass is 10.2. The van der Waals surface area contributed by atoms with Crippen LogP contribution in [0.25, 0.3) is 0 Å². The van der Waals surface area contributed by atoms with Gasteiger partial charge in [-0.25, -0.2) is 0 Å². The summed E-state index contributed by atoms with van der Waals surface area (Å²) in [5, 5.41) is 16.0. The Labute approximate surface area is 87.2 Å². The van der Waals surface area contributed by atoms with E-state index in [1.165, 1.54) is 0 Å². The van der Waals surface area contributed by atoms with Gasteiger partial charge in [0.1, 0.15) is 0 Å². The van der Waals surface area contributed by atoms with Crippen molar-refractivity contribution in [2.75, 3.05) is 17.9 Å². The van der Waals surface area contributed by atoms with Crippen LogP contribution >= 0.6 is 11.6 Å². The minimum absolute atomic E-state index is 0.457. The SMILES string of the molecule is N#Cc1ccc(NN=NCCCl)cc1. The summed E-state index contributed by atoms with van der Waals surface area (Å²) in [6, 6.07) is 8.97. The number of hydrogen-bond donors (Lipinski definition) is 1. The summed E-state index contributed by atoms with van der Waals surface area (Å²) in [5.41, 5.74) is 4.13. The van der Waals surface area contributed by atoms with Gasteiger partial charge in [-0.15, -0.1) is 11.6 Å². The molecule has 0 aliphatic carbocycles. The maximum Gasteiger partial charge on any atom is 0.0991 e. The third-order valence-electron chi connectivity index (χ3n) is 1.45. The zero-order chi connectivity index (χ0) is 10.2. The number of nitrogens with one attached hydrogen (secondary N) is 1. The number of alkyl halides is 1. The summed E-state index contributed by atoms with van der Waals surface area (Å²) in [6.45, 7) is 0.491. The van der Waals surface area contributed by atoms with Crippen LogP contribution < -0.4 is 5.43 Å². The van der Waals surface area contributed by atoms with E-state index in [0.717, 1.165) is 5.69 Å². The Hall–Kier alpha value is -1.60. The standard InChI is InChI=1S/C9H9ClN4/c10-5-6-12-14-13-9-3-1-8(7-11)2-4-9/h1-4H,5-6H2,(H,12,13). The zero-order valence-electron chi connectivity index (χ0n) is 7.44. The quantitative estimate of drug-likeness (QED) is 0.470. The first-order valence-electron chi connectivity index (χ1n) is 4.05. The Morgan fingerprint density at radius 1 is 1.36 bits per heavy atom. The fourth-order valence-corrected chi connectivity index (χ4v) is 0.876. The first-order chi connectivity index (χ1) is 6.86. The smallest absolute Gasteiger partial charge is 0.0991 e. The minimum atomic E-state index is 0.457. The van der Waals surface area contributed by atoms with Crippen LogP contribution in [0.15, 0.2) is 34.6 Å². The van der Waals surface area contributed by atoms with Gasteiger partial charge in [-0.2, -0.15) is 10.4 Å². The lowest BCUT2D eigenvalue weighted by molar-refractivity contribution is 0.969. The van der Waals surface area contributed by atoms with Gasteiger partial charge in [-0.3, -0.25) is 5.43 Å². The molecule has 1 aromatic rings. The van der Waals surface area contributed by atoms with Crippen molar-refractivity contribution in [1.29, 1.82) is 5.26 Å². The lowest BCUT2D eigenvalue weighted by Gasteiger charge is -1.97. The summed E-state index contributed by atoms with van der Waals surface area (Å²) in [5.74, 6) is 0.457. The van der Waals surface area contributed by atoms with Gasteiger partial charge in [-0.05, 0) is 24.3 Å². The van der Waals surface area contributed by atoms with Crippen LogP contribution in [-0.2, 0) is 0 Å². The Morgan fingerprint density at radius 3 is 2.64 bits per heavy atom. The molecule has 0 heterocycles. The molecule has 0 bridgehead atoms. The van der Waals surface area contributed by atoms with Crippen LogP contribution in [0.5, 0.6) is 0 Å². The molecule has 4 nitrogen and oxygen atoms in total. The number of benzene rings is 1. The number of anilines is 1. The number of nitrogens with zero attached hydrogens (tertiary/aromatic N) is 3. The van der Waals surface area contributed by atoms with Gasteiger partial charge < -0.3 is 0 Å². The van der Waals surface area contributed by atoms with Gasteiger partial charge in [0.25, 0.3) is 0 Å². The van der Waals surface area contributed by atoms with E-state index in [-0.39, 0.29) is 0 Å². The van der Waals surface area contributed by atoms with Crippen molar-refractivity contribution in [3.05, 3.63) is 29.8 Å². The predicted molar refractivity (Wildman–Crippen MR) is 55.2 cm³/mol. The largest absolute Gasteiger partial charge is 0.260 e. The van der Waals surface area contributed by atoms with Crippen LogP contribution in [0.3, 0.4) is 0 Å². The Morgan fingerprint density at radius 2 is 2.07 bits per heavy atom. The highest BCUT2D eigenvalue weighted by Gasteiger charge is 1.90. The molecule has 0 radical (unpaired) electrons. The molecule has 1 N–H and O–H groups in total. The molecule has 1 rings (SSSR count). The maximum atomic E-state index is 8.55. The summed E-state index contributed by atoms with van der Waals surface area (Å²) in [4.78, 5) is 0. The van der Waals surface area contributed by atoms with Gasteiger partial charge in [-0.1, -0.05) is 5.22 Å². The fourth-order valence-electron chi connectivity index (χ4n) is 0.800. The maximum absolute atomic E-state index is 8.55. The third kappa shape index (κ3) is 3.42. The second-order valence-electron chi connectivity index (χ2n) is 2.45. The van der Waals surface area contributed by atoms with E-state index in [1.807, 2.05) is 6.07 Å². The average molecular weight is 209 g/mol. The molecule has 0 aliphatic heterocycles. The van der Waals surface area contributed by atoms with Gasteiger partial charge in [0, 0.05) is 5.88 Å². The summed E-state index contributed by atoms with van der Waals surface area (Å²) in [7, 11) is 0. The van der Waals surface area contributed by atoms with Crippen molar-refractivity contribution < 1.29 is 0 Å². The highest BCUT2D eigenvalue weighted by atomic mass is 35.5. The van der Waals surface area contributed by atoms with E-state index in [4.69, 9.17) is 16.9 Å². The van der Waals surface area contributed by atoms with Crippen molar-refractivity contribution in [1.82, 2.24) is 0 Å². The lowest BCUT2D eigenvalue weighted by Crippen LogP contribution is -1.88. The topological polar surface area (TPSA) is 60.5 Å². The van der Waals surface area contributed by atoms with Crippen molar-refractivity contribution >= 4 is 17.3 Å². The third-order valence-corrected chi connectivity index (χ3v) is 1.62. The van der Waals surface area contributed by atoms with Crippen molar-refractivity contribution in [3.8, 4) is 6.07 Å². The molecule has 0 unspecified atom stereocenters. The number of rotatable bonds is 4. The molecule has 0 fully saturated rings. The Kier molecular flexibility index (Phi) is 4.45. The van der Waals surface area contributed by atoms with Crippen LogP contribution in [0, 0.1) is 11.3 Å². The normalized spacial score (nSPS) is 10.0. The molecule has 72 valence electrons. The molecule has 1 aromatic carbocycles. The molecule has 0 saturated carbocycles. The second-order valence-corrected chi connectivity index (χ2v) is 2.83. The number of halogens is 1. The molecule has 0 atom stereocenters. The Balaban J connectivity index is 2.48. The van der Waals surface area contributed by atoms with E-state index >= 15 is 0 Å². The first kappa shape index (κ1) is 10.5. The van der Waals surface area contributed by atoms with E-state index < -0.39 is 0 Å². The van der Waals surface area contributed by atoms with Crippen LogP contribution in [0.1, 0.15) is 5.56 Å². The van der Waals surface area contributed by atoms with E-state index in [9.17, 15) is 0 Å². The molecule has 0 saturated heterocycles. The molecule has 0 aromatic heterocycles. The second kappa shape index (κ2) is 5.95. The van der Waals surface area contributed by atoms with Gasteiger partial charge in [0.2, 0.25) is 0 Å². The molecule has 5 heteroatoms.